The fraction of sp³-hybridized carbons (Fsp3) is 0.385. The molecule has 0 spiro atoms. The predicted molar refractivity (Wildman–Crippen MR) is 78.4 cm³/mol. The van der Waals surface area contributed by atoms with Crippen LogP contribution in [0.15, 0.2) is 18.2 Å². The van der Waals surface area contributed by atoms with Gasteiger partial charge < -0.3 is 10.2 Å². The van der Waals surface area contributed by atoms with Gasteiger partial charge in [-0.1, -0.05) is 11.6 Å². The molecule has 1 rings (SSSR count). The van der Waals surface area contributed by atoms with Gasteiger partial charge in [0.05, 0.1) is 11.5 Å². The Balaban J connectivity index is 2.70. The number of nitrogens with zero attached hydrogens (tertiary/aromatic N) is 2. The number of likely N-dealkylation sites (N-methyl/N-ethyl adjacent to an activating group) is 1. The SMILES string of the molecule is CCN(CC)C(=O)CNC(=O)c1ccc([N+](=O)[O-])c(Cl)c1. The van der Waals surface area contributed by atoms with Crippen LogP contribution in [0.2, 0.25) is 5.02 Å². The number of amides is 2. The summed E-state index contributed by atoms with van der Waals surface area (Å²) >= 11 is 5.73. The zero-order valence-corrected chi connectivity index (χ0v) is 12.5. The lowest BCUT2D eigenvalue weighted by Gasteiger charge is -2.18. The maximum atomic E-state index is 11.9. The predicted octanol–water partition coefficient (Wildman–Crippen LogP) is 1.85. The van der Waals surface area contributed by atoms with E-state index in [1.165, 1.54) is 12.1 Å². The van der Waals surface area contributed by atoms with Gasteiger partial charge in [-0.25, -0.2) is 0 Å². The van der Waals surface area contributed by atoms with Crippen molar-refractivity contribution in [2.24, 2.45) is 0 Å². The highest BCUT2D eigenvalue weighted by Crippen LogP contribution is 2.24. The van der Waals surface area contributed by atoms with E-state index in [1.807, 2.05) is 13.8 Å². The zero-order chi connectivity index (χ0) is 16.0. The van der Waals surface area contributed by atoms with Crippen LogP contribution in [0.4, 0.5) is 5.69 Å². The minimum absolute atomic E-state index is 0.122. The Bertz CT molecular complexity index is 558. The van der Waals surface area contributed by atoms with Crippen molar-refractivity contribution in [3.8, 4) is 0 Å². The summed E-state index contributed by atoms with van der Waals surface area (Å²) in [7, 11) is 0. The molecule has 0 atom stereocenters. The van der Waals surface area contributed by atoms with E-state index in [-0.39, 0.29) is 28.7 Å². The molecule has 114 valence electrons. The van der Waals surface area contributed by atoms with Crippen molar-refractivity contribution < 1.29 is 14.5 Å². The van der Waals surface area contributed by atoms with Gasteiger partial charge in [0.1, 0.15) is 5.02 Å². The number of carbonyl (C=O) groups is 2. The summed E-state index contributed by atoms with van der Waals surface area (Å²) in [6, 6.07) is 3.65. The molecule has 1 aromatic carbocycles. The third kappa shape index (κ3) is 4.42. The normalized spacial score (nSPS) is 10.0. The molecule has 0 saturated carbocycles. The Hall–Kier alpha value is -2.15. The van der Waals surface area contributed by atoms with Gasteiger partial charge in [-0.2, -0.15) is 0 Å². The molecule has 8 heteroatoms. The van der Waals surface area contributed by atoms with Gasteiger partial charge in [0.2, 0.25) is 5.91 Å². The van der Waals surface area contributed by atoms with E-state index in [9.17, 15) is 19.7 Å². The fourth-order valence-electron chi connectivity index (χ4n) is 1.74. The molecule has 0 saturated heterocycles. The average molecular weight is 314 g/mol. The van der Waals surface area contributed by atoms with E-state index in [0.29, 0.717) is 13.1 Å². The van der Waals surface area contributed by atoms with Crippen molar-refractivity contribution >= 4 is 29.1 Å². The van der Waals surface area contributed by atoms with Crippen molar-refractivity contribution in [1.82, 2.24) is 10.2 Å². The highest BCUT2D eigenvalue weighted by Gasteiger charge is 2.16. The molecule has 0 radical (unpaired) electrons. The molecule has 0 aliphatic heterocycles. The highest BCUT2D eigenvalue weighted by molar-refractivity contribution is 6.33. The van der Waals surface area contributed by atoms with E-state index in [1.54, 1.807) is 4.90 Å². The number of nitrogens with one attached hydrogen (secondary N) is 1. The van der Waals surface area contributed by atoms with Crippen molar-refractivity contribution in [3.05, 3.63) is 38.9 Å². The Kier molecular flexibility index (Phi) is 6.10. The van der Waals surface area contributed by atoms with E-state index < -0.39 is 10.8 Å². The fourth-order valence-corrected chi connectivity index (χ4v) is 1.99. The number of hydrogen-bond donors (Lipinski definition) is 1. The Morgan fingerprint density at radius 2 is 1.95 bits per heavy atom. The van der Waals surface area contributed by atoms with Crippen LogP contribution in [0.3, 0.4) is 0 Å². The van der Waals surface area contributed by atoms with Gasteiger partial charge in [0.15, 0.2) is 0 Å². The molecule has 0 fully saturated rings. The minimum Gasteiger partial charge on any atom is -0.343 e. The van der Waals surface area contributed by atoms with Crippen LogP contribution in [-0.2, 0) is 4.79 Å². The molecule has 21 heavy (non-hydrogen) atoms. The minimum atomic E-state index is -0.631. The number of halogens is 1. The van der Waals surface area contributed by atoms with Crippen molar-refractivity contribution in [2.45, 2.75) is 13.8 Å². The van der Waals surface area contributed by atoms with Crippen molar-refractivity contribution in [1.29, 1.82) is 0 Å². The number of rotatable bonds is 6. The standard InChI is InChI=1S/C13H16ClN3O4/c1-3-16(4-2)12(18)8-15-13(19)9-5-6-11(17(20)21)10(14)7-9/h5-7H,3-4,8H2,1-2H3,(H,15,19). The molecule has 0 unspecified atom stereocenters. The third-order valence-corrected chi connectivity index (χ3v) is 3.23. The van der Waals surface area contributed by atoms with Crippen LogP contribution in [0.1, 0.15) is 24.2 Å². The van der Waals surface area contributed by atoms with Gasteiger partial charge >= 0.3 is 0 Å². The lowest BCUT2D eigenvalue weighted by atomic mass is 10.2. The third-order valence-electron chi connectivity index (χ3n) is 2.92. The second kappa shape index (κ2) is 7.58. The molecule has 0 aliphatic carbocycles. The smallest absolute Gasteiger partial charge is 0.287 e. The number of nitro groups is 1. The molecule has 0 aromatic heterocycles. The molecular weight excluding hydrogens is 298 g/mol. The number of carbonyl (C=O) groups excluding carboxylic acids is 2. The monoisotopic (exact) mass is 313 g/mol. The summed E-state index contributed by atoms with van der Waals surface area (Å²) < 4.78 is 0. The zero-order valence-electron chi connectivity index (χ0n) is 11.8. The van der Waals surface area contributed by atoms with E-state index in [4.69, 9.17) is 11.6 Å². The van der Waals surface area contributed by atoms with Gasteiger partial charge in [-0.05, 0) is 26.0 Å². The van der Waals surface area contributed by atoms with Crippen LogP contribution in [0, 0.1) is 10.1 Å². The Labute approximate surface area is 127 Å². The molecule has 1 aromatic rings. The highest BCUT2D eigenvalue weighted by atomic mass is 35.5. The molecule has 0 bridgehead atoms. The maximum Gasteiger partial charge on any atom is 0.287 e. The summed E-state index contributed by atoms with van der Waals surface area (Å²) in [6.07, 6.45) is 0. The van der Waals surface area contributed by atoms with Crippen molar-refractivity contribution in [2.75, 3.05) is 19.6 Å². The van der Waals surface area contributed by atoms with Crippen LogP contribution in [0.5, 0.6) is 0 Å². The summed E-state index contributed by atoms with van der Waals surface area (Å²) in [5.41, 5.74) is -0.106. The molecule has 7 nitrogen and oxygen atoms in total. The second-order valence-corrected chi connectivity index (χ2v) is 4.58. The summed E-state index contributed by atoms with van der Waals surface area (Å²) in [6.45, 7) is 4.69. The van der Waals surface area contributed by atoms with E-state index in [2.05, 4.69) is 5.32 Å². The van der Waals surface area contributed by atoms with Gasteiger partial charge in [0.25, 0.3) is 11.6 Å². The maximum absolute atomic E-state index is 11.9. The second-order valence-electron chi connectivity index (χ2n) is 4.17. The first-order valence-electron chi connectivity index (χ1n) is 6.40. The van der Waals surface area contributed by atoms with Crippen LogP contribution >= 0.6 is 11.6 Å². The Morgan fingerprint density at radius 3 is 2.43 bits per heavy atom. The van der Waals surface area contributed by atoms with Crippen molar-refractivity contribution in [3.63, 3.8) is 0 Å². The summed E-state index contributed by atoms with van der Waals surface area (Å²) in [5.74, 6) is -0.700. The average Bonchev–Trinajstić information content (AvgIpc) is 2.45. The van der Waals surface area contributed by atoms with E-state index >= 15 is 0 Å². The first kappa shape index (κ1) is 16.9. The topological polar surface area (TPSA) is 92.6 Å². The van der Waals surface area contributed by atoms with E-state index in [0.717, 1.165) is 6.07 Å². The number of benzene rings is 1. The van der Waals surface area contributed by atoms with Gasteiger partial charge in [-0.15, -0.1) is 0 Å². The molecule has 0 heterocycles. The summed E-state index contributed by atoms with van der Waals surface area (Å²) in [5, 5.41) is 13.0. The molecule has 2 amide bonds. The number of hydrogen-bond acceptors (Lipinski definition) is 4. The lowest BCUT2D eigenvalue weighted by molar-refractivity contribution is -0.384. The Morgan fingerprint density at radius 1 is 1.33 bits per heavy atom. The van der Waals surface area contributed by atoms with Gasteiger partial charge in [0, 0.05) is 24.7 Å². The molecular formula is C13H16ClN3O4. The van der Waals surface area contributed by atoms with Crippen LogP contribution < -0.4 is 5.32 Å². The number of nitro benzene ring substituents is 1. The first-order valence-corrected chi connectivity index (χ1v) is 6.78. The first-order chi connectivity index (χ1) is 9.90. The quantitative estimate of drug-likeness (QED) is 0.640. The lowest BCUT2D eigenvalue weighted by Crippen LogP contribution is -2.40. The van der Waals surface area contributed by atoms with Gasteiger partial charge in [-0.3, -0.25) is 19.7 Å². The van der Waals surface area contributed by atoms with Crippen LogP contribution in [0.25, 0.3) is 0 Å². The summed E-state index contributed by atoms with van der Waals surface area (Å²) in [4.78, 5) is 35.2. The largest absolute Gasteiger partial charge is 0.343 e. The van der Waals surface area contributed by atoms with Crippen LogP contribution in [-0.4, -0.2) is 41.3 Å². The molecule has 1 N–H and O–H groups in total. The molecule has 0 aliphatic rings.